The Balaban J connectivity index is 1.88. The Hall–Kier alpha value is -2.04. The second-order valence-corrected chi connectivity index (χ2v) is 6.92. The minimum absolute atomic E-state index is 0.109. The normalized spacial score (nSPS) is 24.2. The molecule has 1 aliphatic heterocycles. The molecule has 0 fully saturated rings. The van der Waals surface area contributed by atoms with E-state index in [-0.39, 0.29) is 28.5 Å². The molecule has 0 radical (unpaired) electrons. The number of fused-ring (bicyclic) bond motifs is 3. The van der Waals surface area contributed by atoms with Gasteiger partial charge in [-0.1, -0.05) is 53.6 Å². The minimum atomic E-state index is -0.330. The van der Waals surface area contributed by atoms with Crippen molar-refractivity contribution in [2.45, 2.75) is 18.4 Å². The van der Waals surface area contributed by atoms with Gasteiger partial charge in [0.1, 0.15) is 0 Å². The number of nitrogens with one attached hydrogen (secondary N) is 1. The van der Waals surface area contributed by atoms with Crippen LogP contribution in [0.15, 0.2) is 48.6 Å². The Morgan fingerprint density at radius 3 is 2.67 bits per heavy atom. The molecule has 4 rings (SSSR count). The van der Waals surface area contributed by atoms with Gasteiger partial charge in [0.15, 0.2) is 0 Å². The highest BCUT2D eigenvalue weighted by molar-refractivity contribution is 6.36. The first-order valence-corrected chi connectivity index (χ1v) is 8.48. The van der Waals surface area contributed by atoms with Crippen molar-refractivity contribution in [1.29, 1.82) is 0 Å². The fourth-order valence-electron chi connectivity index (χ4n) is 3.85. The monoisotopic (exact) mass is 360 g/mol. The molecular weight excluding hydrogens is 347 g/mol. The average molecular weight is 361 g/mol. The lowest BCUT2D eigenvalue weighted by atomic mass is 9.76. The Labute approximate surface area is 149 Å². The van der Waals surface area contributed by atoms with Gasteiger partial charge in [0.05, 0.1) is 27.2 Å². The van der Waals surface area contributed by atoms with Gasteiger partial charge in [0.25, 0.3) is 5.69 Å². The van der Waals surface area contributed by atoms with E-state index in [2.05, 4.69) is 17.5 Å². The van der Waals surface area contributed by atoms with E-state index < -0.39 is 0 Å². The molecule has 2 aromatic rings. The number of benzene rings is 2. The average Bonchev–Trinajstić information content (AvgIpc) is 3.06. The second-order valence-electron chi connectivity index (χ2n) is 6.11. The quantitative estimate of drug-likeness (QED) is 0.422. The summed E-state index contributed by atoms with van der Waals surface area (Å²) in [6, 6.07) is 10.3. The van der Waals surface area contributed by atoms with Crippen LogP contribution in [0.1, 0.15) is 29.5 Å². The molecule has 1 N–H and O–H groups in total. The van der Waals surface area contributed by atoms with Crippen LogP contribution >= 0.6 is 23.2 Å². The molecule has 122 valence electrons. The molecule has 3 atom stereocenters. The fraction of sp³-hybridized carbons (Fsp3) is 0.222. The number of rotatable bonds is 2. The lowest BCUT2D eigenvalue weighted by molar-refractivity contribution is -0.385. The molecule has 0 amide bonds. The van der Waals surface area contributed by atoms with Crippen molar-refractivity contribution in [1.82, 2.24) is 0 Å². The number of nitro groups is 1. The van der Waals surface area contributed by atoms with Crippen LogP contribution in [0.5, 0.6) is 0 Å². The lowest BCUT2D eigenvalue weighted by Gasteiger charge is -2.38. The summed E-state index contributed by atoms with van der Waals surface area (Å²) >= 11 is 12.8. The number of para-hydroxylation sites is 1. The largest absolute Gasteiger partial charge is 0.376 e. The molecular formula is C18H14Cl2N2O2. The molecule has 0 spiro atoms. The standard InChI is InChI=1S/C18H14Cl2N2O2/c19-13-8-9-14(20)18-16(13)10-5-3-6-11(10)17(21-18)12-4-1-2-7-15(12)22(23)24/h1-5,7-11,17,21H,6H2/t10-,11+,17-/m1/s1. The van der Waals surface area contributed by atoms with E-state index in [1.54, 1.807) is 24.3 Å². The summed E-state index contributed by atoms with van der Waals surface area (Å²) in [4.78, 5) is 11.1. The Kier molecular flexibility index (Phi) is 3.74. The van der Waals surface area contributed by atoms with Crippen LogP contribution in [-0.4, -0.2) is 4.92 Å². The highest BCUT2D eigenvalue weighted by atomic mass is 35.5. The molecule has 24 heavy (non-hydrogen) atoms. The van der Waals surface area contributed by atoms with Gasteiger partial charge in [-0.05, 0) is 24.5 Å². The Morgan fingerprint density at radius 1 is 1.12 bits per heavy atom. The summed E-state index contributed by atoms with van der Waals surface area (Å²) < 4.78 is 0. The van der Waals surface area contributed by atoms with E-state index >= 15 is 0 Å². The molecule has 2 aliphatic rings. The maximum absolute atomic E-state index is 11.4. The second kappa shape index (κ2) is 5.80. The number of halogens is 2. The van der Waals surface area contributed by atoms with Crippen molar-refractivity contribution in [2.75, 3.05) is 5.32 Å². The van der Waals surface area contributed by atoms with Crippen LogP contribution in [0, 0.1) is 16.0 Å². The zero-order valence-electron chi connectivity index (χ0n) is 12.6. The summed E-state index contributed by atoms with van der Waals surface area (Å²) in [5.74, 6) is 0.284. The van der Waals surface area contributed by atoms with Crippen molar-refractivity contribution in [3.8, 4) is 0 Å². The fourth-order valence-corrected chi connectivity index (χ4v) is 4.36. The summed E-state index contributed by atoms with van der Waals surface area (Å²) in [5.41, 5.74) is 2.57. The zero-order valence-corrected chi connectivity index (χ0v) is 14.1. The van der Waals surface area contributed by atoms with Crippen molar-refractivity contribution in [3.63, 3.8) is 0 Å². The maximum Gasteiger partial charge on any atom is 0.274 e. The molecule has 0 aromatic heterocycles. The van der Waals surface area contributed by atoms with Crippen molar-refractivity contribution in [3.05, 3.63) is 79.8 Å². The van der Waals surface area contributed by atoms with Crippen LogP contribution in [-0.2, 0) is 0 Å². The van der Waals surface area contributed by atoms with Gasteiger partial charge in [-0.3, -0.25) is 10.1 Å². The molecule has 6 heteroatoms. The van der Waals surface area contributed by atoms with Crippen molar-refractivity contribution < 1.29 is 4.92 Å². The maximum atomic E-state index is 11.4. The van der Waals surface area contributed by atoms with E-state index in [1.165, 1.54) is 0 Å². The van der Waals surface area contributed by atoms with E-state index in [1.807, 2.05) is 12.1 Å². The van der Waals surface area contributed by atoms with Gasteiger partial charge in [-0.15, -0.1) is 0 Å². The predicted octanol–water partition coefficient (Wildman–Crippen LogP) is 5.73. The third-order valence-corrected chi connectivity index (χ3v) is 5.53. The summed E-state index contributed by atoms with van der Waals surface area (Å²) in [5, 5.41) is 16.1. The third-order valence-electron chi connectivity index (χ3n) is 4.88. The Bertz CT molecular complexity index is 866. The van der Waals surface area contributed by atoms with E-state index in [0.717, 1.165) is 17.7 Å². The minimum Gasteiger partial charge on any atom is -0.376 e. The number of hydrogen-bond acceptors (Lipinski definition) is 3. The third kappa shape index (κ3) is 2.29. The van der Waals surface area contributed by atoms with Crippen LogP contribution in [0.3, 0.4) is 0 Å². The molecule has 0 bridgehead atoms. The van der Waals surface area contributed by atoms with Crippen LogP contribution in [0.4, 0.5) is 11.4 Å². The van der Waals surface area contributed by atoms with Gasteiger partial charge in [0.2, 0.25) is 0 Å². The summed E-state index contributed by atoms with van der Waals surface area (Å²) in [6.45, 7) is 0. The summed E-state index contributed by atoms with van der Waals surface area (Å²) in [6.07, 6.45) is 5.09. The van der Waals surface area contributed by atoms with E-state index in [9.17, 15) is 10.1 Å². The molecule has 0 saturated heterocycles. The van der Waals surface area contributed by atoms with E-state index in [4.69, 9.17) is 23.2 Å². The van der Waals surface area contributed by atoms with Gasteiger partial charge < -0.3 is 5.32 Å². The molecule has 4 nitrogen and oxygen atoms in total. The zero-order chi connectivity index (χ0) is 16.8. The first-order valence-electron chi connectivity index (χ1n) is 7.72. The number of allylic oxidation sites excluding steroid dienone is 2. The Morgan fingerprint density at radius 2 is 1.88 bits per heavy atom. The first-order chi connectivity index (χ1) is 11.6. The van der Waals surface area contributed by atoms with Gasteiger partial charge in [-0.2, -0.15) is 0 Å². The number of nitro benzene ring substituents is 1. The molecule has 1 heterocycles. The molecule has 2 aromatic carbocycles. The van der Waals surface area contributed by atoms with Gasteiger partial charge >= 0.3 is 0 Å². The van der Waals surface area contributed by atoms with Crippen LogP contribution in [0.25, 0.3) is 0 Å². The van der Waals surface area contributed by atoms with Crippen LogP contribution < -0.4 is 5.32 Å². The smallest absolute Gasteiger partial charge is 0.274 e. The van der Waals surface area contributed by atoms with Gasteiger partial charge in [0, 0.05) is 22.6 Å². The lowest BCUT2D eigenvalue weighted by Crippen LogP contribution is -2.30. The topological polar surface area (TPSA) is 55.2 Å². The number of nitrogens with zero attached hydrogens (tertiary/aromatic N) is 1. The van der Waals surface area contributed by atoms with Crippen molar-refractivity contribution >= 4 is 34.6 Å². The van der Waals surface area contributed by atoms with Gasteiger partial charge in [-0.25, -0.2) is 0 Å². The highest BCUT2D eigenvalue weighted by Crippen LogP contribution is 2.54. The number of anilines is 1. The highest BCUT2D eigenvalue weighted by Gasteiger charge is 2.41. The van der Waals surface area contributed by atoms with E-state index in [0.29, 0.717) is 15.6 Å². The number of hydrogen-bond donors (Lipinski definition) is 1. The molecule has 0 saturated carbocycles. The molecule has 1 aliphatic carbocycles. The summed E-state index contributed by atoms with van der Waals surface area (Å²) in [7, 11) is 0. The molecule has 0 unspecified atom stereocenters. The van der Waals surface area contributed by atoms with Crippen LogP contribution in [0.2, 0.25) is 10.0 Å². The van der Waals surface area contributed by atoms with Crippen molar-refractivity contribution in [2.24, 2.45) is 5.92 Å². The predicted molar refractivity (Wildman–Crippen MR) is 95.9 cm³/mol. The first kappa shape index (κ1) is 15.5. The SMILES string of the molecule is O=[N+]([O-])c1ccccc1[C@@H]1Nc2c(Cl)ccc(Cl)c2[C@@H]2C=CC[C@@H]21.